The van der Waals surface area contributed by atoms with Crippen molar-refractivity contribution in [2.45, 2.75) is 26.3 Å². The molecular formula is C9H16N2. The molecule has 2 nitrogen and oxygen atoms in total. The van der Waals surface area contributed by atoms with Crippen LogP contribution in [0.1, 0.15) is 20.8 Å². The van der Waals surface area contributed by atoms with E-state index in [0.29, 0.717) is 0 Å². The van der Waals surface area contributed by atoms with E-state index < -0.39 is 0 Å². The molecule has 0 aromatic carbocycles. The SMILES string of the molecule is Cn1cccc1NC(C)(C)C. The lowest BCUT2D eigenvalue weighted by atomic mass is 10.1. The number of hydrogen-bond donors (Lipinski definition) is 1. The van der Waals surface area contributed by atoms with Crippen LogP contribution in [0.5, 0.6) is 0 Å². The van der Waals surface area contributed by atoms with Gasteiger partial charge in [-0.2, -0.15) is 0 Å². The van der Waals surface area contributed by atoms with Gasteiger partial charge in [0.25, 0.3) is 0 Å². The third kappa shape index (κ3) is 2.30. The van der Waals surface area contributed by atoms with Crippen LogP contribution in [-0.2, 0) is 7.05 Å². The van der Waals surface area contributed by atoms with Crippen LogP contribution < -0.4 is 5.32 Å². The van der Waals surface area contributed by atoms with Gasteiger partial charge in [-0.1, -0.05) is 0 Å². The molecule has 1 rings (SSSR count). The van der Waals surface area contributed by atoms with E-state index in [9.17, 15) is 0 Å². The maximum Gasteiger partial charge on any atom is 0.105 e. The highest BCUT2D eigenvalue weighted by molar-refractivity contribution is 5.38. The van der Waals surface area contributed by atoms with Crippen LogP contribution in [0.25, 0.3) is 0 Å². The van der Waals surface area contributed by atoms with E-state index >= 15 is 0 Å². The van der Waals surface area contributed by atoms with Crippen molar-refractivity contribution in [1.82, 2.24) is 4.57 Å². The summed E-state index contributed by atoms with van der Waals surface area (Å²) in [6.07, 6.45) is 2.04. The van der Waals surface area contributed by atoms with Crippen molar-refractivity contribution in [1.29, 1.82) is 0 Å². The molecule has 0 aliphatic heterocycles. The van der Waals surface area contributed by atoms with Crippen molar-refractivity contribution in [2.75, 3.05) is 5.32 Å². The molecule has 62 valence electrons. The molecule has 1 N–H and O–H groups in total. The second kappa shape index (κ2) is 2.61. The van der Waals surface area contributed by atoms with Crippen molar-refractivity contribution in [3.8, 4) is 0 Å². The van der Waals surface area contributed by atoms with Gasteiger partial charge < -0.3 is 9.88 Å². The zero-order valence-electron chi connectivity index (χ0n) is 7.68. The summed E-state index contributed by atoms with van der Waals surface area (Å²) >= 11 is 0. The Morgan fingerprint density at radius 2 is 2.00 bits per heavy atom. The summed E-state index contributed by atoms with van der Waals surface area (Å²) in [6.45, 7) is 6.46. The lowest BCUT2D eigenvalue weighted by Gasteiger charge is -2.22. The first-order valence-corrected chi connectivity index (χ1v) is 3.88. The Labute approximate surface area is 68.2 Å². The smallest absolute Gasteiger partial charge is 0.105 e. The van der Waals surface area contributed by atoms with E-state index in [1.807, 2.05) is 19.3 Å². The maximum atomic E-state index is 3.39. The minimum Gasteiger partial charge on any atom is -0.367 e. The van der Waals surface area contributed by atoms with Gasteiger partial charge in [0.2, 0.25) is 0 Å². The van der Waals surface area contributed by atoms with Crippen molar-refractivity contribution in [3.05, 3.63) is 18.3 Å². The molecule has 2 heteroatoms. The molecule has 1 aromatic rings. The molecule has 0 spiro atoms. The first-order chi connectivity index (χ1) is 4.99. The summed E-state index contributed by atoms with van der Waals surface area (Å²) in [5.41, 5.74) is 0.145. The summed E-state index contributed by atoms with van der Waals surface area (Å²) in [6, 6.07) is 4.11. The molecule has 0 radical (unpaired) electrons. The monoisotopic (exact) mass is 152 g/mol. The van der Waals surface area contributed by atoms with Gasteiger partial charge in [0.15, 0.2) is 0 Å². The lowest BCUT2D eigenvalue weighted by Crippen LogP contribution is -2.27. The van der Waals surface area contributed by atoms with Crippen LogP contribution in [-0.4, -0.2) is 10.1 Å². The van der Waals surface area contributed by atoms with Gasteiger partial charge in [-0.05, 0) is 32.9 Å². The summed E-state index contributed by atoms with van der Waals surface area (Å²) in [4.78, 5) is 0. The van der Waals surface area contributed by atoms with Crippen LogP contribution in [0, 0.1) is 0 Å². The first kappa shape index (κ1) is 8.18. The number of nitrogens with one attached hydrogen (secondary N) is 1. The minimum absolute atomic E-state index is 0.145. The van der Waals surface area contributed by atoms with Crippen LogP contribution in [0.3, 0.4) is 0 Å². The van der Waals surface area contributed by atoms with Gasteiger partial charge in [0.1, 0.15) is 5.82 Å². The van der Waals surface area contributed by atoms with E-state index in [4.69, 9.17) is 0 Å². The van der Waals surface area contributed by atoms with E-state index in [-0.39, 0.29) is 5.54 Å². The zero-order chi connectivity index (χ0) is 8.48. The second-order valence-electron chi connectivity index (χ2n) is 3.88. The quantitative estimate of drug-likeness (QED) is 0.653. The average Bonchev–Trinajstić information content (AvgIpc) is 2.12. The summed E-state index contributed by atoms with van der Waals surface area (Å²) < 4.78 is 2.07. The standard InChI is InChI=1S/C9H16N2/c1-9(2,3)10-8-6-5-7-11(8)4/h5-7,10H,1-4H3. The van der Waals surface area contributed by atoms with Crippen LogP contribution in [0.15, 0.2) is 18.3 Å². The maximum absolute atomic E-state index is 3.39. The Balaban J connectivity index is 2.72. The topological polar surface area (TPSA) is 17.0 Å². The van der Waals surface area contributed by atoms with Gasteiger partial charge in [0, 0.05) is 18.8 Å². The highest BCUT2D eigenvalue weighted by atomic mass is 15.1. The van der Waals surface area contributed by atoms with Gasteiger partial charge in [0.05, 0.1) is 0 Å². The van der Waals surface area contributed by atoms with Crippen LogP contribution in [0.2, 0.25) is 0 Å². The fraction of sp³-hybridized carbons (Fsp3) is 0.556. The van der Waals surface area contributed by atoms with Crippen LogP contribution in [0.4, 0.5) is 5.82 Å². The Morgan fingerprint density at radius 3 is 2.36 bits per heavy atom. The average molecular weight is 152 g/mol. The molecule has 1 aromatic heterocycles. The van der Waals surface area contributed by atoms with E-state index in [1.54, 1.807) is 0 Å². The predicted molar refractivity (Wildman–Crippen MR) is 48.8 cm³/mol. The molecule has 11 heavy (non-hydrogen) atoms. The Morgan fingerprint density at radius 1 is 1.36 bits per heavy atom. The summed E-state index contributed by atoms with van der Waals surface area (Å²) in [5.74, 6) is 1.16. The van der Waals surface area contributed by atoms with Crippen molar-refractivity contribution >= 4 is 5.82 Å². The largest absolute Gasteiger partial charge is 0.367 e. The molecule has 0 saturated heterocycles. The molecule has 0 aliphatic rings. The molecule has 1 heterocycles. The number of aromatic nitrogens is 1. The van der Waals surface area contributed by atoms with E-state index in [1.165, 1.54) is 0 Å². The number of nitrogens with zero attached hydrogens (tertiary/aromatic N) is 1. The predicted octanol–water partition coefficient (Wildman–Crippen LogP) is 2.24. The number of hydrogen-bond acceptors (Lipinski definition) is 1. The van der Waals surface area contributed by atoms with Gasteiger partial charge >= 0.3 is 0 Å². The molecular weight excluding hydrogens is 136 g/mol. The van der Waals surface area contributed by atoms with Crippen molar-refractivity contribution < 1.29 is 0 Å². The number of anilines is 1. The molecule has 0 fully saturated rings. The van der Waals surface area contributed by atoms with E-state index in [2.05, 4.69) is 36.7 Å². The first-order valence-electron chi connectivity index (χ1n) is 3.88. The molecule has 0 amide bonds. The fourth-order valence-corrected chi connectivity index (χ4v) is 0.975. The fourth-order valence-electron chi connectivity index (χ4n) is 0.975. The molecule has 0 atom stereocenters. The number of aryl methyl sites for hydroxylation is 1. The van der Waals surface area contributed by atoms with Gasteiger partial charge in [-0.3, -0.25) is 0 Å². The van der Waals surface area contributed by atoms with Gasteiger partial charge in [-0.15, -0.1) is 0 Å². The third-order valence-corrected chi connectivity index (χ3v) is 1.45. The highest BCUT2D eigenvalue weighted by Gasteiger charge is 2.09. The third-order valence-electron chi connectivity index (χ3n) is 1.45. The minimum atomic E-state index is 0.145. The van der Waals surface area contributed by atoms with Crippen molar-refractivity contribution in [2.24, 2.45) is 7.05 Å². The Hall–Kier alpha value is -0.920. The summed E-state index contributed by atoms with van der Waals surface area (Å²) in [5, 5.41) is 3.39. The molecule has 0 aliphatic carbocycles. The Kier molecular flexibility index (Phi) is 1.94. The lowest BCUT2D eigenvalue weighted by molar-refractivity contribution is 0.624. The van der Waals surface area contributed by atoms with Crippen LogP contribution >= 0.6 is 0 Å². The van der Waals surface area contributed by atoms with Crippen molar-refractivity contribution in [3.63, 3.8) is 0 Å². The highest BCUT2D eigenvalue weighted by Crippen LogP contribution is 2.13. The molecule has 0 saturated carbocycles. The number of rotatable bonds is 1. The summed E-state index contributed by atoms with van der Waals surface area (Å²) in [7, 11) is 2.04. The normalized spacial score (nSPS) is 11.6. The second-order valence-corrected chi connectivity index (χ2v) is 3.88. The molecule has 0 unspecified atom stereocenters. The van der Waals surface area contributed by atoms with Gasteiger partial charge in [-0.25, -0.2) is 0 Å². The Bertz CT molecular complexity index is 230. The zero-order valence-corrected chi connectivity index (χ0v) is 7.68. The van der Waals surface area contributed by atoms with E-state index in [0.717, 1.165) is 5.82 Å². The molecule has 0 bridgehead atoms.